The van der Waals surface area contributed by atoms with E-state index in [9.17, 15) is 0 Å². The van der Waals surface area contributed by atoms with Crippen LogP contribution in [0.2, 0.25) is 0 Å². The molecule has 0 saturated carbocycles. The Bertz CT molecular complexity index is 1520. The fourth-order valence-electron chi connectivity index (χ4n) is 5.08. The lowest BCUT2D eigenvalue weighted by molar-refractivity contribution is 0.302. The molecule has 0 aliphatic carbocycles. The minimum Gasteiger partial charge on any atom is -0.487 e. The predicted molar refractivity (Wildman–Crippen MR) is 161 cm³/mol. The second-order valence-electron chi connectivity index (χ2n) is 9.40. The predicted octanol–water partition coefficient (Wildman–Crippen LogP) is 7.31. The van der Waals surface area contributed by atoms with E-state index in [2.05, 4.69) is 127 Å². The Morgan fingerprint density at radius 1 is 0.500 bits per heavy atom. The Labute approximate surface area is 224 Å². The number of hydrogen-bond donors (Lipinski definition) is 0. The van der Waals surface area contributed by atoms with Crippen molar-refractivity contribution in [3.05, 3.63) is 163 Å². The van der Waals surface area contributed by atoms with Gasteiger partial charge in [-0.3, -0.25) is 0 Å². The van der Waals surface area contributed by atoms with Crippen LogP contribution < -0.4 is 20.7 Å². The third-order valence-electron chi connectivity index (χ3n) is 6.98. The molecule has 0 spiro atoms. The molecule has 0 aliphatic heterocycles. The molecule has 0 radical (unpaired) electrons. The molecule has 0 bridgehead atoms. The summed E-state index contributed by atoms with van der Waals surface area (Å²) in [5.41, 5.74) is 3.22. The molecule has 38 heavy (non-hydrogen) atoms. The van der Waals surface area contributed by atoms with E-state index in [1.165, 1.54) is 21.5 Å². The van der Waals surface area contributed by atoms with E-state index in [0.717, 1.165) is 28.5 Å². The summed E-state index contributed by atoms with van der Waals surface area (Å²) in [5, 5.41) is 5.31. The molecule has 0 saturated heterocycles. The number of fused-ring (bicyclic) bond motifs is 1. The third kappa shape index (κ3) is 4.96. The number of para-hydroxylation sites is 1. The monoisotopic (exact) mass is 510 g/mol. The molecule has 0 unspecified atom stereocenters. The molecule has 0 aliphatic rings. The van der Waals surface area contributed by atoms with Crippen LogP contribution in [0, 0.1) is 0 Å². The van der Waals surface area contributed by atoms with Gasteiger partial charge in [0.1, 0.15) is 35.5 Å². The standard InChI is InChI=1S/C35H29NOP/c1-4-13-32(14-5-1)38(33-15-6-2-7-16-33,34-17-8-3-9-18-34)27-28-20-24-31(25-21-28)37-26-30-23-22-29-12-10-11-19-35(29)36-30/h1-25H,26-27H2/q+1. The molecule has 0 N–H and O–H groups in total. The summed E-state index contributed by atoms with van der Waals surface area (Å²) in [6.45, 7) is 0.444. The molecule has 1 heterocycles. The van der Waals surface area contributed by atoms with Gasteiger partial charge in [0.05, 0.1) is 17.4 Å². The number of pyridine rings is 1. The van der Waals surface area contributed by atoms with Crippen LogP contribution in [0.3, 0.4) is 0 Å². The number of aromatic nitrogens is 1. The highest BCUT2D eigenvalue weighted by atomic mass is 31.2. The van der Waals surface area contributed by atoms with Crippen molar-refractivity contribution in [2.75, 3.05) is 0 Å². The summed E-state index contributed by atoms with van der Waals surface area (Å²) in [4.78, 5) is 4.74. The molecular formula is C35H29NOP+. The summed E-state index contributed by atoms with van der Waals surface area (Å²) in [6, 6.07) is 53.9. The molecule has 0 atom stereocenters. The second-order valence-corrected chi connectivity index (χ2v) is 12.9. The van der Waals surface area contributed by atoms with Gasteiger partial charge in [-0.05, 0) is 66.2 Å². The summed E-state index contributed by atoms with van der Waals surface area (Å²) in [7, 11) is -1.93. The lowest BCUT2D eigenvalue weighted by Gasteiger charge is -2.28. The number of hydrogen-bond acceptors (Lipinski definition) is 2. The molecular weight excluding hydrogens is 481 g/mol. The van der Waals surface area contributed by atoms with Gasteiger partial charge in [-0.1, -0.05) is 91.0 Å². The normalized spacial score (nSPS) is 11.4. The van der Waals surface area contributed by atoms with E-state index < -0.39 is 7.26 Å². The molecule has 1 aromatic heterocycles. The van der Waals surface area contributed by atoms with E-state index in [0.29, 0.717) is 6.61 Å². The van der Waals surface area contributed by atoms with Crippen LogP contribution in [0.15, 0.2) is 152 Å². The lowest BCUT2D eigenvalue weighted by Crippen LogP contribution is -2.32. The van der Waals surface area contributed by atoms with Crippen molar-refractivity contribution in [1.82, 2.24) is 4.98 Å². The quantitative estimate of drug-likeness (QED) is 0.200. The number of rotatable bonds is 8. The van der Waals surface area contributed by atoms with E-state index >= 15 is 0 Å². The van der Waals surface area contributed by atoms with E-state index in [1.807, 2.05) is 24.3 Å². The Kier molecular flexibility index (Phi) is 6.98. The summed E-state index contributed by atoms with van der Waals surface area (Å²) >= 11 is 0. The number of benzene rings is 5. The SMILES string of the molecule is c1ccc([P+](Cc2ccc(OCc3ccc4ccccc4n3)cc2)(c2ccccc2)c2ccccc2)cc1. The Morgan fingerprint density at radius 3 is 1.61 bits per heavy atom. The van der Waals surface area contributed by atoms with Gasteiger partial charge in [0, 0.05) is 5.39 Å². The molecule has 3 heteroatoms. The van der Waals surface area contributed by atoms with Gasteiger partial charge in [-0.25, -0.2) is 4.98 Å². The van der Waals surface area contributed by atoms with Crippen molar-refractivity contribution in [2.24, 2.45) is 0 Å². The van der Waals surface area contributed by atoms with Crippen LogP contribution in [0.25, 0.3) is 10.9 Å². The van der Waals surface area contributed by atoms with Crippen molar-refractivity contribution in [1.29, 1.82) is 0 Å². The highest BCUT2D eigenvalue weighted by Gasteiger charge is 2.45. The van der Waals surface area contributed by atoms with E-state index in [1.54, 1.807) is 0 Å². The first-order valence-corrected chi connectivity index (χ1v) is 14.9. The first-order valence-electron chi connectivity index (χ1n) is 12.9. The zero-order valence-electron chi connectivity index (χ0n) is 21.2. The Balaban J connectivity index is 1.30. The maximum Gasteiger partial charge on any atom is 0.130 e. The van der Waals surface area contributed by atoms with Crippen LogP contribution >= 0.6 is 7.26 Å². The van der Waals surface area contributed by atoms with Gasteiger partial charge in [0.15, 0.2) is 0 Å². The molecule has 5 aromatic carbocycles. The fraction of sp³-hybridized carbons (Fsp3) is 0.0571. The summed E-state index contributed by atoms with van der Waals surface area (Å²) in [5.74, 6) is 0.853. The van der Waals surface area contributed by atoms with Gasteiger partial charge in [0.2, 0.25) is 0 Å². The van der Waals surface area contributed by atoms with Gasteiger partial charge in [0.25, 0.3) is 0 Å². The fourth-order valence-corrected chi connectivity index (χ4v) is 9.32. The Morgan fingerprint density at radius 2 is 1.03 bits per heavy atom. The largest absolute Gasteiger partial charge is 0.487 e. The first kappa shape index (κ1) is 24.1. The average Bonchev–Trinajstić information content (AvgIpc) is 3.01. The zero-order valence-corrected chi connectivity index (χ0v) is 22.0. The van der Waals surface area contributed by atoms with Crippen LogP contribution in [0.1, 0.15) is 11.3 Å². The van der Waals surface area contributed by atoms with Crippen LogP contribution in [-0.4, -0.2) is 4.98 Å². The van der Waals surface area contributed by atoms with Crippen LogP contribution in [0.4, 0.5) is 0 Å². The summed E-state index contributed by atoms with van der Waals surface area (Å²) < 4.78 is 6.13. The molecule has 6 rings (SSSR count). The molecule has 2 nitrogen and oxygen atoms in total. The van der Waals surface area contributed by atoms with Crippen molar-refractivity contribution in [2.45, 2.75) is 12.8 Å². The number of nitrogens with zero attached hydrogens (tertiary/aromatic N) is 1. The Hall–Kier alpha value is -4.26. The molecule has 6 aromatic rings. The van der Waals surface area contributed by atoms with Crippen molar-refractivity contribution in [3.8, 4) is 5.75 Å². The minimum absolute atomic E-state index is 0.444. The van der Waals surface area contributed by atoms with Crippen molar-refractivity contribution in [3.63, 3.8) is 0 Å². The lowest BCUT2D eigenvalue weighted by atomic mass is 10.2. The van der Waals surface area contributed by atoms with E-state index in [4.69, 9.17) is 9.72 Å². The number of ether oxygens (including phenoxy) is 1. The molecule has 0 fully saturated rings. The van der Waals surface area contributed by atoms with Crippen LogP contribution in [0.5, 0.6) is 5.75 Å². The van der Waals surface area contributed by atoms with Crippen molar-refractivity contribution < 1.29 is 4.74 Å². The zero-order chi connectivity index (χ0) is 25.6. The average molecular weight is 511 g/mol. The van der Waals surface area contributed by atoms with Gasteiger partial charge < -0.3 is 4.74 Å². The van der Waals surface area contributed by atoms with E-state index in [-0.39, 0.29) is 0 Å². The molecule has 184 valence electrons. The van der Waals surface area contributed by atoms with Gasteiger partial charge in [-0.15, -0.1) is 0 Å². The van der Waals surface area contributed by atoms with Gasteiger partial charge >= 0.3 is 0 Å². The maximum atomic E-state index is 6.13. The summed E-state index contributed by atoms with van der Waals surface area (Å²) in [6.07, 6.45) is 0.942. The highest BCUT2D eigenvalue weighted by Crippen LogP contribution is 2.58. The molecule has 0 amide bonds. The first-order chi connectivity index (χ1) is 18.8. The minimum atomic E-state index is -1.93. The second kappa shape index (κ2) is 11.0. The third-order valence-corrected chi connectivity index (χ3v) is 11.4. The van der Waals surface area contributed by atoms with Gasteiger partial charge in [-0.2, -0.15) is 0 Å². The topological polar surface area (TPSA) is 22.1 Å². The maximum absolute atomic E-state index is 6.13. The smallest absolute Gasteiger partial charge is 0.130 e. The van der Waals surface area contributed by atoms with Crippen LogP contribution in [-0.2, 0) is 12.8 Å². The van der Waals surface area contributed by atoms with Crippen molar-refractivity contribution >= 4 is 34.1 Å². The highest BCUT2D eigenvalue weighted by molar-refractivity contribution is 7.95.